The van der Waals surface area contributed by atoms with Crippen molar-refractivity contribution in [2.24, 2.45) is 0 Å². The Hall–Kier alpha value is -0.480. The Kier molecular flexibility index (Phi) is 4.14. The molecule has 0 N–H and O–H groups in total. The molecule has 0 rings (SSSR count). The zero-order valence-corrected chi connectivity index (χ0v) is 7.11. The fraction of sp³-hybridized carbons (Fsp3) is 0.778. The Morgan fingerprint density at radius 2 is 2.10 bits per heavy atom. The molecule has 0 spiro atoms. The lowest BCUT2D eigenvalue weighted by molar-refractivity contribution is 0.0142. The summed E-state index contributed by atoms with van der Waals surface area (Å²) in [4.78, 5) is 0. The van der Waals surface area contributed by atoms with Gasteiger partial charge < -0.3 is 4.74 Å². The zero-order chi connectivity index (χ0) is 8.04. The highest BCUT2D eigenvalue weighted by Gasteiger charge is 2.14. The van der Waals surface area contributed by atoms with Crippen LogP contribution in [0.2, 0.25) is 0 Å². The Morgan fingerprint density at radius 3 is 2.50 bits per heavy atom. The minimum atomic E-state index is -0.00313. The third-order valence-corrected chi connectivity index (χ3v) is 1.65. The van der Waals surface area contributed by atoms with E-state index in [9.17, 15) is 0 Å². The molecule has 1 nitrogen and oxygen atoms in total. The lowest BCUT2D eigenvalue weighted by atomic mass is 10.0. The maximum atomic E-state index is 5.22. The number of methoxy groups -OCH3 is 1. The van der Waals surface area contributed by atoms with E-state index in [1.807, 2.05) is 0 Å². The van der Waals surface area contributed by atoms with Gasteiger partial charge in [0.25, 0.3) is 0 Å². The molecule has 0 aliphatic rings. The molecule has 0 aliphatic heterocycles. The predicted octanol–water partition coefficient (Wildman–Crippen LogP) is 2.21. The van der Waals surface area contributed by atoms with Crippen molar-refractivity contribution < 1.29 is 4.74 Å². The number of terminal acetylenes is 1. The number of unbranched alkanes of at least 4 members (excludes halogenated alkanes) is 1. The van der Waals surface area contributed by atoms with E-state index < -0.39 is 0 Å². The Balaban J connectivity index is 3.39. The van der Waals surface area contributed by atoms with Gasteiger partial charge in [0.1, 0.15) is 0 Å². The quantitative estimate of drug-likeness (QED) is 0.429. The standard InChI is InChI=1S/C9H16O/c1-5-6-7-8-9(2,3)10-4/h1H,6-8H2,2-4H3. The maximum absolute atomic E-state index is 5.22. The van der Waals surface area contributed by atoms with E-state index in [1.54, 1.807) is 7.11 Å². The van der Waals surface area contributed by atoms with Crippen LogP contribution in [-0.4, -0.2) is 12.7 Å². The van der Waals surface area contributed by atoms with Gasteiger partial charge in [-0.1, -0.05) is 0 Å². The second-order valence-electron chi connectivity index (χ2n) is 3.02. The summed E-state index contributed by atoms with van der Waals surface area (Å²) in [7, 11) is 1.73. The Bertz CT molecular complexity index is 119. The minimum Gasteiger partial charge on any atom is -0.379 e. The molecule has 0 aromatic heterocycles. The van der Waals surface area contributed by atoms with Gasteiger partial charge >= 0.3 is 0 Å². The molecule has 0 saturated heterocycles. The van der Waals surface area contributed by atoms with Crippen molar-refractivity contribution in [1.82, 2.24) is 0 Å². The third kappa shape index (κ3) is 4.40. The molecule has 0 unspecified atom stereocenters. The van der Waals surface area contributed by atoms with Crippen LogP contribution >= 0.6 is 0 Å². The summed E-state index contributed by atoms with van der Waals surface area (Å²) < 4.78 is 5.22. The second kappa shape index (κ2) is 4.35. The van der Waals surface area contributed by atoms with E-state index in [0.717, 1.165) is 19.3 Å². The largest absolute Gasteiger partial charge is 0.379 e. The van der Waals surface area contributed by atoms with Crippen molar-refractivity contribution in [2.45, 2.75) is 38.7 Å². The van der Waals surface area contributed by atoms with Crippen molar-refractivity contribution in [3.05, 3.63) is 0 Å². The first kappa shape index (κ1) is 9.52. The summed E-state index contributed by atoms with van der Waals surface area (Å²) >= 11 is 0. The average Bonchev–Trinajstić information content (AvgIpc) is 1.89. The molecule has 0 atom stereocenters. The van der Waals surface area contributed by atoms with Crippen LogP contribution in [0.15, 0.2) is 0 Å². The van der Waals surface area contributed by atoms with Crippen molar-refractivity contribution in [3.63, 3.8) is 0 Å². The molecule has 0 bridgehead atoms. The molecule has 1 heteroatoms. The number of ether oxygens (including phenoxy) is 1. The second-order valence-corrected chi connectivity index (χ2v) is 3.02. The van der Waals surface area contributed by atoms with E-state index in [-0.39, 0.29) is 5.60 Å². The molecule has 58 valence electrons. The van der Waals surface area contributed by atoms with Crippen LogP contribution in [-0.2, 0) is 4.74 Å². The van der Waals surface area contributed by atoms with Crippen LogP contribution in [0.5, 0.6) is 0 Å². The first-order valence-corrected chi connectivity index (χ1v) is 3.61. The van der Waals surface area contributed by atoms with E-state index in [2.05, 4.69) is 19.8 Å². The van der Waals surface area contributed by atoms with Crippen molar-refractivity contribution in [1.29, 1.82) is 0 Å². The first-order chi connectivity index (χ1) is 4.62. The number of hydrogen-bond acceptors (Lipinski definition) is 1. The molecule has 0 aromatic carbocycles. The Labute approximate surface area is 63.8 Å². The molecule has 0 amide bonds. The number of hydrogen-bond donors (Lipinski definition) is 0. The van der Waals surface area contributed by atoms with Crippen LogP contribution in [0.1, 0.15) is 33.1 Å². The van der Waals surface area contributed by atoms with Gasteiger partial charge in [0.15, 0.2) is 0 Å². The van der Waals surface area contributed by atoms with E-state index in [4.69, 9.17) is 11.2 Å². The van der Waals surface area contributed by atoms with Crippen molar-refractivity contribution in [2.75, 3.05) is 7.11 Å². The molecule has 0 aromatic rings. The predicted molar refractivity (Wildman–Crippen MR) is 43.8 cm³/mol. The molecule has 0 aliphatic carbocycles. The monoisotopic (exact) mass is 140 g/mol. The highest BCUT2D eigenvalue weighted by atomic mass is 16.5. The summed E-state index contributed by atoms with van der Waals surface area (Å²) in [5.41, 5.74) is -0.00313. The zero-order valence-electron chi connectivity index (χ0n) is 7.11. The summed E-state index contributed by atoms with van der Waals surface area (Å²) in [5, 5.41) is 0. The molecule has 0 radical (unpaired) electrons. The molecule has 10 heavy (non-hydrogen) atoms. The van der Waals surface area contributed by atoms with E-state index in [1.165, 1.54) is 0 Å². The van der Waals surface area contributed by atoms with E-state index >= 15 is 0 Å². The third-order valence-electron chi connectivity index (χ3n) is 1.65. The van der Waals surface area contributed by atoms with Gasteiger partial charge in [0.05, 0.1) is 5.60 Å². The van der Waals surface area contributed by atoms with Gasteiger partial charge in [-0.3, -0.25) is 0 Å². The van der Waals surface area contributed by atoms with Crippen LogP contribution in [0.25, 0.3) is 0 Å². The van der Waals surface area contributed by atoms with Crippen LogP contribution < -0.4 is 0 Å². The molecule has 0 heterocycles. The van der Waals surface area contributed by atoms with Crippen LogP contribution in [0.3, 0.4) is 0 Å². The summed E-state index contributed by atoms with van der Waals surface area (Å²) in [6, 6.07) is 0. The number of rotatable bonds is 4. The smallest absolute Gasteiger partial charge is 0.0623 e. The van der Waals surface area contributed by atoms with Gasteiger partial charge in [-0.2, -0.15) is 0 Å². The minimum absolute atomic E-state index is 0.00313. The fourth-order valence-corrected chi connectivity index (χ4v) is 0.718. The lowest BCUT2D eigenvalue weighted by Gasteiger charge is -2.21. The van der Waals surface area contributed by atoms with Crippen LogP contribution in [0.4, 0.5) is 0 Å². The van der Waals surface area contributed by atoms with Crippen molar-refractivity contribution in [3.8, 4) is 12.3 Å². The van der Waals surface area contributed by atoms with E-state index in [0.29, 0.717) is 0 Å². The average molecular weight is 140 g/mol. The van der Waals surface area contributed by atoms with Gasteiger partial charge in [0, 0.05) is 13.5 Å². The van der Waals surface area contributed by atoms with Gasteiger partial charge in [-0.25, -0.2) is 0 Å². The SMILES string of the molecule is C#CCCCC(C)(C)OC. The first-order valence-electron chi connectivity index (χ1n) is 3.61. The Morgan fingerprint density at radius 1 is 1.50 bits per heavy atom. The summed E-state index contributed by atoms with van der Waals surface area (Å²) in [5.74, 6) is 2.61. The summed E-state index contributed by atoms with van der Waals surface area (Å²) in [6.07, 6.45) is 8.05. The summed E-state index contributed by atoms with van der Waals surface area (Å²) in [6.45, 7) is 4.15. The molecule has 0 saturated carbocycles. The van der Waals surface area contributed by atoms with Crippen molar-refractivity contribution >= 4 is 0 Å². The fourth-order valence-electron chi connectivity index (χ4n) is 0.718. The lowest BCUT2D eigenvalue weighted by Crippen LogP contribution is -2.21. The molecular weight excluding hydrogens is 124 g/mol. The highest BCUT2D eigenvalue weighted by Crippen LogP contribution is 2.15. The highest BCUT2D eigenvalue weighted by molar-refractivity contribution is 4.84. The van der Waals surface area contributed by atoms with Gasteiger partial charge in [-0.05, 0) is 26.7 Å². The molecule has 0 fully saturated rings. The maximum Gasteiger partial charge on any atom is 0.0623 e. The normalized spacial score (nSPS) is 11.0. The van der Waals surface area contributed by atoms with Gasteiger partial charge in [0.2, 0.25) is 0 Å². The molecular formula is C9H16O. The van der Waals surface area contributed by atoms with Crippen LogP contribution in [0, 0.1) is 12.3 Å². The van der Waals surface area contributed by atoms with Gasteiger partial charge in [-0.15, -0.1) is 12.3 Å². The topological polar surface area (TPSA) is 9.23 Å².